The van der Waals surface area contributed by atoms with Gasteiger partial charge in [-0.1, -0.05) is 24.3 Å². The smallest absolute Gasteiger partial charge is 0.161 e. The highest BCUT2D eigenvalue weighted by Crippen LogP contribution is 2.44. The van der Waals surface area contributed by atoms with E-state index in [1.807, 2.05) is 30.1 Å². The number of hydrogen-bond donors (Lipinski definition) is 1. The van der Waals surface area contributed by atoms with Gasteiger partial charge in [0.15, 0.2) is 5.82 Å². The fraction of sp³-hybridized carbons (Fsp3) is 0.250. The third kappa shape index (κ3) is 2.55. The van der Waals surface area contributed by atoms with Gasteiger partial charge in [0.05, 0.1) is 17.3 Å². The summed E-state index contributed by atoms with van der Waals surface area (Å²) < 4.78 is 0. The van der Waals surface area contributed by atoms with Crippen LogP contribution in [0.25, 0.3) is 22.2 Å². The number of fused-ring (bicyclic) bond motifs is 1. The maximum atomic E-state index is 4.88. The molecule has 1 aromatic carbocycles. The maximum absolute atomic E-state index is 4.88. The van der Waals surface area contributed by atoms with Crippen molar-refractivity contribution in [2.45, 2.75) is 18.9 Å². The normalized spacial score (nSPS) is 20.1. The molecule has 0 radical (unpaired) electrons. The summed E-state index contributed by atoms with van der Waals surface area (Å²) in [5.41, 5.74) is 3.62. The topological polar surface area (TPSA) is 50.7 Å². The SMILES string of the molecule is c1cnc(-c2c(C3NCCC4=C3CCS4)ncc3ccccc23)nc1. The number of thioether (sulfide) groups is 1. The Morgan fingerprint density at radius 3 is 2.80 bits per heavy atom. The molecule has 4 heterocycles. The molecule has 2 aliphatic rings. The van der Waals surface area contributed by atoms with E-state index in [4.69, 9.17) is 4.98 Å². The first kappa shape index (κ1) is 15.0. The van der Waals surface area contributed by atoms with Crippen molar-refractivity contribution >= 4 is 22.5 Å². The highest BCUT2D eigenvalue weighted by Gasteiger charge is 2.31. The van der Waals surface area contributed by atoms with E-state index in [-0.39, 0.29) is 6.04 Å². The Morgan fingerprint density at radius 1 is 1.00 bits per heavy atom. The van der Waals surface area contributed by atoms with E-state index in [1.165, 1.54) is 16.7 Å². The lowest BCUT2D eigenvalue weighted by Gasteiger charge is -2.27. The number of rotatable bonds is 2. The number of aromatic nitrogens is 3. The molecule has 0 saturated carbocycles. The van der Waals surface area contributed by atoms with E-state index in [1.54, 1.807) is 17.3 Å². The average molecular weight is 346 g/mol. The minimum absolute atomic E-state index is 0.169. The Bertz CT molecular complexity index is 968. The van der Waals surface area contributed by atoms with Crippen LogP contribution < -0.4 is 5.32 Å². The van der Waals surface area contributed by atoms with E-state index in [0.717, 1.165) is 41.9 Å². The number of nitrogens with zero attached hydrogens (tertiary/aromatic N) is 3. The molecule has 0 saturated heterocycles. The summed E-state index contributed by atoms with van der Waals surface area (Å²) in [7, 11) is 0. The number of nitrogens with one attached hydrogen (secondary N) is 1. The van der Waals surface area contributed by atoms with Gasteiger partial charge in [-0.3, -0.25) is 4.98 Å². The third-order valence-electron chi connectivity index (χ3n) is 4.95. The van der Waals surface area contributed by atoms with Crippen LogP contribution in [0.3, 0.4) is 0 Å². The van der Waals surface area contributed by atoms with Gasteiger partial charge in [0.25, 0.3) is 0 Å². The zero-order valence-corrected chi connectivity index (χ0v) is 14.6. The van der Waals surface area contributed by atoms with Gasteiger partial charge < -0.3 is 5.32 Å². The van der Waals surface area contributed by atoms with Crippen LogP contribution in [0, 0.1) is 0 Å². The van der Waals surface area contributed by atoms with E-state index in [9.17, 15) is 0 Å². The summed E-state index contributed by atoms with van der Waals surface area (Å²) >= 11 is 2.01. The van der Waals surface area contributed by atoms with Crippen LogP contribution in [0.1, 0.15) is 24.6 Å². The molecular formula is C20H18N4S. The lowest BCUT2D eigenvalue weighted by atomic mass is 9.91. The number of benzene rings is 1. The van der Waals surface area contributed by atoms with Crippen LogP contribution in [0.2, 0.25) is 0 Å². The lowest BCUT2D eigenvalue weighted by Crippen LogP contribution is -2.29. The van der Waals surface area contributed by atoms with Crippen LogP contribution in [0.5, 0.6) is 0 Å². The second kappa shape index (κ2) is 6.24. The fourth-order valence-corrected chi connectivity index (χ4v) is 5.05. The predicted molar refractivity (Wildman–Crippen MR) is 102 cm³/mol. The molecule has 1 atom stereocenters. The summed E-state index contributed by atoms with van der Waals surface area (Å²) in [5, 5.41) is 5.98. The molecule has 0 spiro atoms. The summed E-state index contributed by atoms with van der Waals surface area (Å²) in [4.78, 5) is 15.5. The van der Waals surface area contributed by atoms with Crippen LogP contribution in [-0.4, -0.2) is 27.2 Å². The second-order valence-corrected chi connectivity index (χ2v) is 7.55. The largest absolute Gasteiger partial charge is 0.305 e. The quantitative estimate of drug-likeness (QED) is 0.756. The molecule has 4 nitrogen and oxygen atoms in total. The highest BCUT2D eigenvalue weighted by atomic mass is 32.2. The summed E-state index contributed by atoms with van der Waals surface area (Å²) in [6.07, 6.45) is 7.87. The van der Waals surface area contributed by atoms with Gasteiger partial charge >= 0.3 is 0 Å². The second-order valence-electron chi connectivity index (χ2n) is 6.36. The first-order valence-electron chi connectivity index (χ1n) is 8.65. The number of pyridine rings is 1. The molecule has 5 rings (SSSR count). The molecular weight excluding hydrogens is 328 g/mol. The highest BCUT2D eigenvalue weighted by molar-refractivity contribution is 8.03. The van der Waals surface area contributed by atoms with Gasteiger partial charge in [-0.2, -0.15) is 0 Å². The molecule has 1 N–H and O–H groups in total. The average Bonchev–Trinajstić information content (AvgIpc) is 3.17. The first-order valence-corrected chi connectivity index (χ1v) is 9.63. The first-order chi connectivity index (χ1) is 12.4. The van der Waals surface area contributed by atoms with Crippen molar-refractivity contribution in [1.29, 1.82) is 0 Å². The van der Waals surface area contributed by atoms with Crippen molar-refractivity contribution in [3.63, 3.8) is 0 Å². The predicted octanol–water partition coefficient (Wildman–Crippen LogP) is 4.12. The van der Waals surface area contributed by atoms with Crippen molar-refractivity contribution in [1.82, 2.24) is 20.3 Å². The van der Waals surface area contributed by atoms with E-state index in [2.05, 4.69) is 33.5 Å². The molecule has 2 aliphatic heterocycles. The molecule has 124 valence electrons. The minimum Gasteiger partial charge on any atom is -0.305 e. The molecule has 0 aliphatic carbocycles. The van der Waals surface area contributed by atoms with E-state index >= 15 is 0 Å². The van der Waals surface area contributed by atoms with Crippen LogP contribution in [-0.2, 0) is 0 Å². The Kier molecular flexibility index (Phi) is 3.76. The fourth-order valence-electron chi connectivity index (χ4n) is 3.83. The van der Waals surface area contributed by atoms with Gasteiger partial charge in [0.1, 0.15) is 0 Å². The van der Waals surface area contributed by atoms with Gasteiger partial charge in [-0.25, -0.2) is 9.97 Å². The Morgan fingerprint density at radius 2 is 1.88 bits per heavy atom. The van der Waals surface area contributed by atoms with Crippen LogP contribution >= 0.6 is 11.8 Å². The van der Waals surface area contributed by atoms with Crippen molar-refractivity contribution in [3.05, 3.63) is 65.1 Å². The number of hydrogen-bond acceptors (Lipinski definition) is 5. The van der Waals surface area contributed by atoms with E-state index in [0.29, 0.717) is 0 Å². The Labute approximate surface area is 150 Å². The lowest BCUT2D eigenvalue weighted by molar-refractivity contribution is 0.549. The molecule has 0 bridgehead atoms. The van der Waals surface area contributed by atoms with Crippen LogP contribution in [0.15, 0.2) is 59.4 Å². The maximum Gasteiger partial charge on any atom is 0.161 e. The summed E-state index contributed by atoms with van der Waals surface area (Å²) in [6, 6.07) is 10.4. The Balaban J connectivity index is 1.77. The standard InChI is InChI=1S/C20H18N4S/c1-2-5-14-13(4-1)12-24-19(17(14)20-22-8-3-9-23-20)18-15-7-11-25-16(15)6-10-21-18/h1-5,8-9,12,18,21H,6-7,10-11H2. The van der Waals surface area contributed by atoms with Gasteiger partial charge in [-0.05, 0) is 34.8 Å². The van der Waals surface area contributed by atoms with Gasteiger partial charge in [0, 0.05) is 36.3 Å². The van der Waals surface area contributed by atoms with Crippen molar-refractivity contribution in [2.75, 3.05) is 12.3 Å². The van der Waals surface area contributed by atoms with Crippen molar-refractivity contribution < 1.29 is 0 Å². The zero-order valence-electron chi connectivity index (χ0n) is 13.8. The van der Waals surface area contributed by atoms with E-state index < -0.39 is 0 Å². The molecule has 0 amide bonds. The zero-order chi connectivity index (χ0) is 16.6. The van der Waals surface area contributed by atoms with Gasteiger partial charge in [-0.15, -0.1) is 11.8 Å². The molecule has 5 heteroatoms. The van der Waals surface area contributed by atoms with Gasteiger partial charge in [0.2, 0.25) is 0 Å². The summed E-state index contributed by atoms with van der Waals surface area (Å²) in [6.45, 7) is 1.00. The molecule has 25 heavy (non-hydrogen) atoms. The Hall–Kier alpha value is -2.24. The molecule has 1 unspecified atom stereocenters. The minimum atomic E-state index is 0.169. The van der Waals surface area contributed by atoms with Crippen molar-refractivity contribution in [2.24, 2.45) is 0 Å². The summed E-state index contributed by atoms with van der Waals surface area (Å²) in [5.74, 6) is 1.94. The van der Waals surface area contributed by atoms with Crippen LogP contribution in [0.4, 0.5) is 0 Å². The third-order valence-corrected chi connectivity index (χ3v) is 6.17. The van der Waals surface area contributed by atoms with Crippen molar-refractivity contribution in [3.8, 4) is 11.4 Å². The molecule has 3 aromatic rings. The molecule has 2 aromatic heterocycles. The molecule has 0 fully saturated rings. The monoisotopic (exact) mass is 346 g/mol.